The van der Waals surface area contributed by atoms with Crippen LogP contribution in [0.25, 0.3) is 0 Å². The molecule has 0 unspecified atom stereocenters. The van der Waals surface area contributed by atoms with Gasteiger partial charge in [-0.15, -0.1) is 0 Å². The van der Waals surface area contributed by atoms with E-state index in [0.717, 1.165) is 30.6 Å². The first-order valence-electron chi connectivity index (χ1n) is 8.38. The molecule has 0 amide bonds. The maximum atomic E-state index is 6.05. The lowest BCUT2D eigenvalue weighted by Crippen LogP contribution is -2.23. The molecule has 0 atom stereocenters. The van der Waals surface area contributed by atoms with Crippen LogP contribution in [0.2, 0.25) is 0 Å². The Morgan fingerprint density at radius 1 is 1.24 bits per heavy atom. The van der Waals surface area contributed by atoms with Gasteiger partial charge in [0.25, 0.3) is 0 Å². The predicted molar refractivity (Wildman–Crippen MR) is 87.6 cm³/mol. The third-order valence-electron chi connectivity index (χ3n) is 4.29. The zero-order chi connectivity index (χ0) is 15.2. The highest BCUT2D eigenvalue weighted by Gasteiger charge is 2.20. The van der Waals surface area contributed by atoms with E-state index in [1.165, 1.54) is 31.2 Å². The van der Waals surface area contributed by atoms with Gasteiger partial charge in [0.2, 0.25) is 5.88 Å². The number of hydrogen-bond acceptors (Lipinski definition) is 3. The first kappa shape index (κ1) is 16.3. The number of hydrogen-bond donors (Lipinski definition) is 1. The second-order valence-electron chi connectivity index (χ2n) is 6.92. The summed E-state index contributed by atoms with van der Waals surface area (Å²) >= 11 is 0. The number of nitrogens with zero attached hydrogens (tertiary/aromatic N) is 1. The molecule has 1 saturated carbocycles. The van der Waals surface area contributed by atoms with Crippen molar-refractivity contribution < 1.29 is 4.74 Å². The van der Waals surface area contributed by atoms with Crippen LogP contribution in [0.5, 0.6) is 5.88 Å². The maximum Gasteiger partial charge on any atom is 0.213 e. The lowest BCUT2D eigenvalue weighted by molar-refractivity contribution is 0.130. The predicted octanol–water partition coefficient (Wildman–Crippen LogP) is 4.09. The molecule has 1 aliphatic rings. The minimum absolute atomic E-state index is 0.359. The summed E-state index contributed by atoms with van der Waals surface area (Å²) in [5.74, 6) is 2.32. The summed E-state index contributed by atoms with van der Waals surface area (Å²) in [6.45, 7) is 10.8. The van der Waals surface area contributed by atoms with Gasteiger partial charge in [0.1, 0.15) is 6.10 Å². The van der Waals surface area contributed by atoms with E-state index in [1.807, 2.05) is 6.07 Å². The fraction of sp³-hybridized carbons (Fsp3) is 0.722. The van der Waals surface area contributed by atoms with Crippen molar-refractivity contribution in [2.24, 2.45) is 11.8 Å². The summed E-state index contributed by atoms with van der Waals surface area (Å²) in [6, 6.07) is 4.17. The first-order valence-corrected chi connectivity index (χ1v) is 8.38. The van der Waals surface area contributed by atoms with E-state index in [0.29, 0.717) is 12.0 Å². The number of nitrogens with one attached hydrogen (secondary N) is 1. The minimum atomic E-state index is 0.359. The fourth-order valence-corrected chi connectivity index (χ4v) is 2.83. The van der Waals surface area contributed by atoms with Crippen LogP contribution in [0, 0.1) is 18.8 Å². The van der Waals surface area contributed by atoms with Crippen LogP contribution in [0.3, 0.4) is 0 Å². The molecule has 1 aliphatic carbocycles. The normalized spacial score (nSPS) is 22.5. The molecular weight excluding hydrogens is 260 g/mol. The van der Waals surface area contributed by atoms with Gasteiger partial charge in [0.05, 0.1) is 0 Å². The lowest BCUT2D eigenvalue weighted by Gasteiger charge is -2.26. The molecule has 1 aromatic rings. The van der Waals surface area contributed by atoms with Gasteiger partial charge >= 0.3 is 0 Å². The standard InChI is InChI=1S/C18H30N2O/c1-13(2)11-19-12-16-7-10-18(20-15(16)4)21-17-8-5-14(3)6-9-17/h7,10,13-14,17,19H,5-6,8-9,11-12H2,1-4H3. The van der Waals surface area contributed by atoms with Gasteiger partial charge in [-0.2, -0.15) is 0 Å². The van der Waals surface area contributed by atoms with Crippen molar-refractivity contribution in [3.05, 3.63) is 23.4 Å². The molecule has 1 fully saturated rings. The highest BCUT2D eigenvalue weighted by Crippen LogP contribution is 2.26. The molecule has 0 saturated heterocycles. The third-order valence-corrected chi connectivity index (χ3v) is 4.29. The number of ether oxygens (including phenoxy) is 1. The van der Waals surface area contributed by atoms with Crippen molar-refractivity contribution in [3.8, 4) is 5.88 Å². The fourth-order valence-electron chi connectivity index (χ4n) is 2.83. The highest BCUT2D eigenvalue weighted by atomic mass is 16.5. The van der Waals surface area contributed by atoms with E-state index in [2.05, 4.69) is 44.1 Å². The van der Waals surface area contributed by atoms with Crippen LogP contribution in [0.4, 0.5) is 0 Å². The molecule has 0 radical (unpaired) electrons. The molecule has 0 aliphatic heterocycles. The Hall–Kier alpha value is -1.09. The average molecular weight is 290 g/mol. The van der Waals surface area contributed by atoms with Crippen molar-refractivity contribution in [3.63, 3.8) is 0 Å². The molecule has 118 valence electrons. The molecule has 1 aromatic heterocycles. The number of rotatable bonds is 6. The third kappa shape index (κ3) is 5.31. The largest absolute Gasteiger partial charge is 0.474 e. The smallest absolute Gasteiger partial charge is 0.213 e. The molecule has 0 bridgehead atoms. The lowest BCUT2D eigenvalue weighted by atomic mass is 9.89. The second kappa shape index (κ2) is 7.79. The first-order chi connectivity index (χ1) is 10.0. The molecule has 1 N–H and O–H groups in total. The quantitative estimate of drug-likeness (QED) is 0.856. The van der Waals surface area contributed by atoms with Crippen molar-refractivity contribution in [2.45, 2.75) is 66.0 Å². The highest BCUT2D eigenvalue weighted by molar-refractivity contribution is 5.25. The summed E-state index contributed by atoms with van der Waals surface area (Å²) in [5.41, 5.74) is 2.34. The van der Waals surface area contributed by atoms with Crippen molar-refractivity contribution in [1.82, 2.24) is 10.3 Å². The number of pyridine rings is 1. The Balaban J connectivity index is 1.86. The summed E-state index contributed by atoms with van der Waals surface area (Å²) in [6.07, 6.45) is 5.25. The van der Waals surface area contributed by atoms with Crippen LogP contribution in [0.15, 0.2) is 12.1 Å². The van der Waals surface area contributed by atoms with Gasteiger partial charge in [-0.1, -0.05) is 26.8 Å². The average Bonchev–Trinajstić information content (AvgIpc) is 2.43. The van der Waals surface area contributed by atoms with Crippen molar-refractivity contribution in [1.29, 1.82) is 0 Å². The van der Waals surface area contributed by atoms with Gasteiger partial charge in [0.15, 0.2) is 0 Å². The van der Waals surface area contributed by atoms with Gasteiger partial charge in [-0.05, 0) is 56.6 Å². The molecule has 3 nitrogen and oxygen atoms in total. The monoisotopic (exact) mass is 290 g/mol. The molecule has 21 heavy (non-hydrogen) atoms. The SMILES string of the molecule is Cc1nc(OC2CCC(C)CC2)ccc1CNCC(C)C. The Kier molecular flexibility index (Phi) is 6.04. The van der Waals surface area contributed by atoms with E-state index in [-0.39, 0.29) is 0 Å². The summed E-state index contributed by atoms with van der Waals surface area (Å²) in [4.78, 5) is 4.62. The van der Waals surface area contributed by atoms with Crippen molar-refractivity contribution >= 4 is 0 Å². The molecule has 3 heteroatoms. The number of aryl methyl sites for hydroxylation is 1. The zero-order valence-electron chi connectivity index (χ0n) is 14.0. The van der Waals surface area contributed by atoms with Crippen LogP contribution < -0.4 is 10.1 Å². The van der Waals surface area contributed by atoms with Gasteiger partial charge in [-0.25, -0.2) is 4.98 Å². The van der Waals surface area contributed by atoms with Crippen LogP contribution in [0.1, 0.15) is 57.7 Å². The second-order valence-corrected chi connectivity index (χ2v) is 6.92. The molecule has 2 rings (SSSR count). The molecule has 1 heterocycles. The zero-order valence-corrected chi connectivity index (χ0v) is 14.0. The molecule has 0 spiro atoms. The maximum absolute atomic E-state index is 6.05. The number of aromatic nitrogens is 1. The van der Waals surface area contributed by atoms with E-state index >= 15 is 0 Å². The van der Waals surface area contributed by atoms with E-state index in [1.54, 1.807) is 0 Å². The Morgan fingerprint density at radius 3 is 2.57 bits per heavy atom. The Labute approximate surface area is 129 Å². The summed E-state index contributed by atoms with van der Waals surface area (Å²) in [5, 5.41) is 3.47. The molecule has 0 aromatic carbocycles. The summed E-state index contributed by atoms with van der Waals surface area (Å²) < 4.78 is 6.05. The van der Waals surface area contributed by atoms with Crippen LogP contribution >= 0.6 is 0 Å². The van der Waals surface area contributed by atoms with E-state index in [4.69, 9.17) is 4.74 Å². The van der Waals surface area contributed by atoms with E-state index < -0.39 is 0 Å². The summed E-state index contributed by atoms with van der Waals surface area (Å²) in [7, 11) is 0. The molecular formula is C18H30N2O. The van der Waals surface area contributed by atoms with Gasteiger partial charge < -0.3 is 10.1 Å². The Bertz CT molecular complexity index is 437. The van der Waals surface area contributed by atoms with Gasteiger partial charge in [0, 0.05) is 18.3 Å². The minimum Gasteiger partial charge on any atom is -0.474 e. The van der Waals surface area contributed by atoms with Crippen LogP contribution in [-0.2, 0) is 6.54 Å². The van der Waals surface area contributed by atoms with Crippen LogP contribution in [-0.4, -0.2) is 17.6 Å². The Morgan fingerprint density at radius 2 is 1.95 bits per heavy atom. The van der Waals surface area contributed by atoms with Crippen molar-refractivity contribution in [2.75, 3.05) is 6.54 Å². The van der Waals surface area contributed by atoms with E-state index in [9.17, 15) is 0 Å². The van der Waals surface area contributed by atoms with Gasteiger partial charge in [-0.3, -0.25) is 0 Å². The topological polar surface area (TPSA) is 34.1 Å².